The molecule has 2 aromatic carbocycles. The first-order valence-electron chi connectivity index (χ1n) is 10.2. The number of aromatic nitrogens is 3. The van der Waals surface area contributed by atoms with Crippen molar-refractivity contribution in [3.63, 3.8) is 0 Å². The second-order valence-corrected chi connectivity index (χ2v) is 9.40. The van der Waals surface area contributed by atoms with Gasteiger partial charge < -0.3 is 20.3 Å². The van der Waals surface area contributed by atoms with Gasteiger partial charge in [-0.25, -0.2) is 9.97 Å². The molecule has 0 spiro atoms. The van der Waals surface area contributed by atoms with Gasteiger partial charge in [0.1, 0.15) is 0 Å². The van der Waals surface area contributed by atoms with Crippen molar-refractivity contribution >= 4 is 61.2 Å². The predicted octanol–water partition coefficient (Wildman–Crippen LogP) is 4.61. The van der Waals surface area contributed by atoms with Crippen LogP contribution in [0.2, 0.25) is 5.02 Å². The summed E-state index contributed by atoms with van der Waals surface area (Å²) in [5.41, 5.74) is 3.12. The summed E-state index contributed by atoms with van der Waals surface area (Å²) in [5.74, 6) is 0.547. The van der Waals surface area contributed by atoms with Crippen molar-refractivity contribution in [3.05, 3.63) is 47.0 Å². The quantitative estimate of drug-likeness (QED) is 0.418. The van der Waals surface area contributed by atoms with E-state index in [9.17, 15) is 9.90 Å². The lowest BCUT2D eigenvalue weighted by Gasteiger charge is -2.26. The lowest BCUT2D eigenvalue weighted by Crippen LogP contribution is -2.38. The maximum Gasteiger partial charge on any atom is 0.251 e. The predicted molar refractivity (Wildman–Crippen MR) is 124 cm³/mol. The summed E-state index contributed by atoms with van der Waals surface area (Å²) in [5, 5.41) is 17.4. The van der Waals surface area contributed by atoms with Gasteiger partial charge in [0.2, 0.25) is 5.95 Å². The van der Waals surface area contributed by atoms with Crippen LogP contribution in [-0.2, 0) is 7.05 Å². The molecule has 3 N–H and O–H groups in total. The van der Waals surface area contributed by atoms with E-state index in [1.807, 2.05) is 48.0 Å². The van der Waals surface area contributed by atoms with Gasteiger partial charge in [-0.15, -0.1) is 0 Å². The van der Waals surface area contributed by atoms with Crippen LogP contribution < -0.4 is 10.6 Å². The number of aliphatic hydroxyl groups excluding tert-OH is 1. The fourth-order valence-corrected chi connectivity index (χ4v) is 5.12. The Bertz CT molecular complexity index is 1280. The normalized spacial score (nSPS) is 19.1. The molecule has 0 unspecified atom stereocenters. The van der Waals surface area contributed by atoms with E-state index in [0.717, 1.165) is 52.1 Å². The smallest absolute Gasteiger partial charge is 0.251 e. The zero-order valence-corrected chi connectivity index (χ0v) is 18.5. The summed E-state index contributed by atoms with van der Waals surface area (Å²) in [7, 11) is 1.93. The third-order valence-electron chi connectivity index (χ3n) is 5.74. The molecule has 31 heavy (non-hydrogen) atoms. The molecule has 9 heteroatoms. The lowest BCUT2D eigenvalue weighted by molar-refractivity contribution is 0.0868. The van der Waals surface area contributed by atoms with Gasteiger partial charge in [-0.05, 0) is 62.1 Å². The van der Waals surface area contributed by atoms with Crippen LogP contribution in [0.3, 0.4) is 0 Å². The van der Waals surface area contributed by atoms with Gasteiger partial charge in [0.25, 0.3) is 5.91 Å². The Kier molecular flexibility index (Phi) is 5.29. The van der Waals surface area contributed by atoms with Gasteiger partial charge in [-0.3, -0.25) is 4.79 Å². The number of anilines is 2. The highest BCUT2D eigenvalue weighted by atomic mass is 35.5. The Hall–Kier alpha value is -2.68. The number of thiazole rings is 1. The number of hydrogen-bond donors (Lipinski definition) is 3. The molecule has 4 aromatic rings. The Balaban J connectivity index is 1.36. The Labute approximate surface area is 188 Å². The van der Waals surface area contributed by atoms with Crippen molar-refractivity contribution < 1.29 is 9.90 Å². The standard InChI is InChI=1S/C22H22ClN5O2S/c1-28-18-9-2-12(20(30)24-14-4-6-15(29)7-5-14)10-17(18)25-21(28)27-22-26-16-8-3-13(23)11-19(16)31-22/h2-3,8-11,14-15,29H,4-7H2,1H3,(H,24,30)(H,25,26,27). The van der Waals surface area contributed by atoms with Crippen molar-refractivity contribution in [1.29, 1.82) is 0 Å². The van der Waals surface area contributed by atoms with Crippen LogP contribution in [0.25, 0.3) is 21.3 Å². The number of nitrogens with zero attached hydrogens (tertiary/aromatic N) is 3. The molecule has 0 saturated heterocycles. The van der Waals surface area contributed by atoms with E-state index >= 15 is 0 Å². The lowest BCUT2D eigenvalue weighted by atomic mass is 9.93. The number of nitrogens with one attached hydrogen (secondary N) is 2. The molecule has 1 saturated carbocycles. The van der Waals surface area contributed by atoms with Crippen LogP contribution in [0.4, 0.5) is 11.1 Å². The molecule has 5 rings (SSSR count). The highest BCUT2D eigenvalue weighted by Crippen LogP contribution is 2.31. The maximum absolute atomic E-state index is 12.7. The zero-order chi connectivity index (χ0) is 21.5. The molecule has 2 aromatic heterocycles. The topological polar surface area (TPSA) is 92.1 Å². The van der Waals surface area contributed by atoms with Crippen LogP contribution >= 0.6 is 22.9 Å². The third-order valence-corrected chi connectivity index (χ3v) is 6.91. The van der Waals surface area contributed by atoms with Crippen LogP contribution in [0.15, 0.2) is 36.4 Å². The fourth-order valence-electron chi connectivity index (χ4n) is 3.99. The van der Waals surface area contributed by atoms with E-state index in [1.165, 1.54) is 11.3 Å². The molecule has 2 heterocycles. The second kappa shape index (κ2) is 8.11. The molecule has 1 amide bonds. The van der Waals surface area contributed by atoms with Crippen molar-refractivity contribution in [1.82, 2.24) is 19.9 Å². The van der Waals surface area contributed by atoms with Crippen molar-refractivity contribution in [2.75, 3.05) is 5.32 Å². The molecule has 0 atom stereocenters. The minimum absolute atomic E-state index is 0.105. The first kappa shape index (κ1) is 20.2. The zero-order valence-electron chi connectivity index (χ0n) is 16.9. The monoisotopic (exact) mass is 455 g/mol. The van der Waals surface area contributed by atoms with Crippen LogP contribution in [-0.4, -0.2) is 37.7 Å². The molecule has 1 fully saturated rings. The number of amides is 1. The average Bonchev–Trinajstić information content (AvgIpc) is 3.29. The SMILES string of the molecule is Cn1c(Nc2nc3ccc(Cl)cc3s2)nc2cc(C(=O)NC3CCC(O)CC3)ccc21. The van der Waals surface area contributed by atoms with E-state index in [1.54, 1.807) is 0 Å². The first-order valence-corrected chi connectivity index (χ1v) is 11.4. The van der Waals surface area contributed by atoms with E-state index in [2.05, 4.69) is 20.6 Å². The number of rotatable bonds is 4. The Morgan fingerprint density at radius 3 is 2.74 bits per heavy atom. The molecule has 0 radical (unpaired) electrons. The van der Waals surface area contributed by atoms with Crippen molar-refractivity contribution in [2.24, 2.45) is 7.05 Å². The number of halogens is 1. The minimum atomic E-state index is -0.239. The van der Waals surface area contributed by atoms with Gasteiger partial charge >= 0.3 is 0 Å². The number of carbonyl (C=O) groups is 1. The number of benzene rings is 2. The van der Waals surface area contributed by atoms with Crippen molar-refractivity contribution in [3.8, 4) is 0 Å². The number of imidazole rings is 1. The summed E-state index contributed by atoms with van der Waals surface area (Å²) < 4.78 is 2.95. The number of carbonyl (C=O) groups excluding carboxylic acids is 1. The molecular formula is C22H22ClN5O2S. The van der Waals surface area contributed by atoms with Gasteiger partial charge in [-0.1, -0.05) is 22.9 Å². The summed E-state index contributed by atoms with van der Waals surface area (Å²) in [6.45, 7) is 0. The molecule has 0 aliphatic heterocycles. The van der Waals surface area contributed by atoms with Gasteiger partial charge in [0.05, 0.1) is 27.4 Å². The summed E-state index contributed by atoms with van der Waals surface area (Å²) in [4.78, 5) is 22.0. The largest absolute Gasteiger partial charge is 0.393 e. The van der Waals surface area contributed by atoms with Gasteiger partial charge in [0, 0.05) is 23.7 Å². The highest BCUT2D eigenvalue weighted by Gasteiger charge is 2.21. The summed E-state index contributed by atoms with van der Waals surface area (Å²) >= 11 is 7.58. The average molecular weight is 456 g/mol. The molecule has 160 valence electrons. The molecule has 0 bridgehead atoms. The number of hydrogen-bond acceptors (Lipinski definition) is 6. The van der Waals surface area contributed by atoms with Crippen LogP contribution in [0.5, 0.6) is 0 Å². The maximum atomic E-state index is 12.7. The number of fused-ring (bicyclic) bond motifs is 2. The molecular weight excluding hydrogens is 434 g/mol. The van der Waals surface area contributed by atoms with E-state index in [4.69, 9.17) is 11.6 Å². The summed E-state index contributed by atoms with van der Waals surface area (Å²) in [6, 6.07) is 11.3. The first-order chi connectivity index (χ1) is 15.0. The van der Waals surface area contributed by atoms with E-state index in [-0.39, 0.29) is 18.1 Å². The van der Waals surface area contributed by atoms with Crippen molar-refractivity contribution in [2.45, 2.75) is 37.8 Å². The van der Waals surface area contributed by atoms with E-state index < -0.39 is 0 Å². The van der Waals surface area contributed by atoms with Gasteiger partial charge in [0.15, 0.2) is 5.13 Å². The van der Waals surface area contributed by atoms with E-state index in [0.29, 0.717) is 16.5 Å². The fraction of sp³-hybridized carbons (Fsp3) is 0.318. The Morgan fingerprint density at radius 2 is 1.94 bits per heavy atom. The van der Waals surface area contributed by atoms with Crippen LogP contribution in [0.1, 0.15) is 36.0 Å². The summed E-state index contributed by atoms with van der Waals surface area (Å²) in [6.07, 6.45) is 2.84. The second-order valence-electron chi connectivity index (χ2n) is 7.93. The third kappa shape index (κ3) is 4.11. The molecule has 1 aliphatic rings. The molecule has 7 nitrogen and oxygen atoms in total. The number of aryl methyl sites for hydroxylation is 1. The highest BCUT2D eigenvalue weighted by molar-refractivity contribution is 7.22. The number of aliphatic hydroxyl groups is 1. The minimum Gasteiger partial charge on any atom is -0.393 e. The Morgan fingerprint density at radius 1 is 1.13 bits per heavy atom. The van der Waals surface area contributed by atoms with Gasteiger partial charge in [-0.2, -0.15) is 0 Å². The van der Waals surface area contributed by atoms with Crippen LogP contribution in [0, 0.1) is 0 Å². The molecule has 1 aliphatic carbocycles.